The van der Waals surface area contributed by atoms with E-state index in [0.29, 0.717) is 24.2 Å². The lowest BCUT2D eigenvalue weighted by Crippen LogP contribution is -2.52. The Morgan fingerprint density at radius 1 is 1.25 bits per heavy atom. The highest BCUT2D eigenvalue weighted by atomic mass is 19.1. The maximum atomic E-state index is 14.7. The Morgan fingerprint density at radius 2 is 2.03 bits per heavy atom. The van der Waals surface area contributed by atoms with Crippen LogP contribution in [0.1, 0.15) is 70.2 Å². The number of hydrogen-bond acceptors (Lipinski definition) is 6. The molecule has 3 heterocycles. The number of rotatable bonds is 5. The molecule has 0 unspecified atom stereocenters. The molecule has 3 aliphatic rings. The molecular formula is C27H32FN5O3. The Balaban J connectivity index is 1.40. The second-order valence-electron chi connectivity index (χ2n) is 11.2. The summed E-state index contributed by atoms with van der Waals surface area (Å²) in [6.45, 7) is 7.58. The van der Waals surface area contributed by atoms with Gasteiger partial charge in [0.1, 0.15) is 17.2 Å². The number of nitrogens with two attached hydrogens (primary N) is 1. The SMILES string of the molecule is CC1(C)CC(=O)N([C@H](c2cccnc2)[C@H]2C[C@@H]2C(=O)N[C@H]2CC(C)(C)Oc3cccc(F)c32)C(N)=N1. The number of aromatic nitrogens is 1. The van der Waals surface area contributed by atoms with E-state index >= 15 is 0 Å². The average molecular weight is 494 g/mol. The maximum Gasteiger partial charge on any atom is 0.232 e. The summed E-state index contributed by atoms with van der Waals surface area (Å²) in [7, 11) is 0. The molecule has 36 heavy (non-hydrogen) atoms. The van der Waals surface area contributed by atoms with E-state index in [0.717, 1.165) is 5.56 Å². The lowest BCUT2D eigenvalue weighted by molar-refractivity contribution is -0.132. The van der Waals surface area contributed by atoms with Crippen molar-refractivity contribution in [3.8, 4) is 5.75 Å². The number of halogens is 1. The summed E-state index contributed by atoms with van der Waals surface area (Å²) in [6, 6.07) is 7.42. The molecule has 1 aliphatic carbocycles. The predicted octanol–water partition coefficient (Wildman–Crippen LogP) is 3.64. The summed E-state index contributed by atoms with van der Waals surface area (Å²) < 4.78 is 20.7. The van der Waals surface area contributed by atoms with Gasteiger partial charge in [-0.3, -0.25) is 19.5 Å². The molecule has 1 aromatic carbocycles. The van der Waals surface area contributed by atoms with Gasteiger partial charge in [0.2, 0.25) is 11.8 Å². The summed E-state index contributed by atoms with van der Waals surface area (Å²) in [6.07, 6.45) is 4.60. The zero-order chi connectivity index (χ0) is 25.8. The average Bonchev–Trinajstić information content (AvgIpc) is 3.55. The second-order valence-corrected chi connectivity index (χ2v) is 11.2. The first-order valence-corrected chi connectivity index (χ1v) is 12.3. The van der Waals surface area contributed by atoms with Crippen LogP contribution in [0, 0.1) is 17.7 Å². The Hall–Kier alpha value is -3.49. The van der Waals surface area contributed by atoms with Gasteiger partial charge in [-0.2, -0.15) is 0 Å². The third kappa shape index (κ3) is 4.54. The van der Waals surface area contributed by atoms with Crippen LogP contribution in [-0.4, -0.2) is 38.8 Å². The molecule has 0 radical (unpaired) electrons. The van der Waals surface area contributed by atoms with E-state index in [1.54, 1.807) is 30.6 Å². The van der Waals surface area contributed by atoms with E-state index in [4.69, 9.17) is 10.5 Å². The number of hydrogen-bond donors (Lipinski definition) is 2. The van der Waals surface area contributed by atoms with Crippen LogP contribution >= 0.6 is 0 Å². The van der Waals surface area contributed by atoms with Gasteiger partial charge in [0.25, 0.3) is 0 Å². The molecule has 3 N–H and O–H groups in total. The minimum Gasteiger partial charge on any atom is -0.487 e. The van der Waals surface area contributed by atoms with E-state index in [1.807, 2.05) is 33.8 Å². The van der Waals surface area contributed by atoms with Crippen molar-refractivity contribution in [3.05, 3.63) is 59.7 Å². The highest BCUT2D eigenvalue weighted by molar-refractivity contribution is 5.99. The molecule has 5 rings (SSSR count). The van der Waals surface area contributed by atoms with Gasteiger partial charge in [-0.25, -0.2) is 9.38 Å². The molecule has 1 saturated carbocycles. The molecule has 1 fully saturated rings. The first-order valence-electron chi connectivity index (χ1n) is 12.3. The highest BCUT2D eigenvalue weighted by Crippen LogP contribution is 2.51. The van der Waals surface area contributed by atoms with Gasteiger partial charge < -0.3 is 15.8 Å². The third-order valence-corrected chi connectivity index (χ3v) is 7.16. The normalized spacial score (nSPS) is 26.8. The fourth-order valence-electron chi connectivity index (χ4n) is 5.57. The van der Waals surface area contributed by atoms with Crippen molar-refractivity contribution in [1.82, 2.24) is 15.2 Å². The highest BCUT2D eigenvalue weighted by Gasteiger charge is 2.53. The third-order valence-electron chi connectivity index (χ3n) is 7.16. The van der Waals surface area contributed by atoms with Crippen LogP contribution in [0.2, 0.25) is 0 Å². The van der Waals surface area contributed by atoms with Gasteiger partial charge in [-0.1, -0.05) is 12.1 Å². The first kappa shape index (κ1) is 24.2. The molecule has 9 heteroatoms. The van der Waals surface area contributed by atoms with Crippen molar-refractivity contribution in [2.75, 3.05) is 0 Å². The van der Waals surface area contributed by atoms with Crippen molar-refractivity contribution in [2.24, 2.45) is 22.6 Å². The quantitative estimate of drug-likeness (QED) is 0.661. The smallest absolute Gasteiger partial charge is 0.232 e. The molecule has 2 aliphatic heterocycles. The minimum absolute atomic E-state index is 0.130. The number of carbonyl (C=O) groups excluding carboxylic acids is 2. The number of benzene rings is 1. The Labute approximate surface area is 210 Å². The maximum absolute atomic E-state index is 14.7. The molecule has 190 valence electrons. The topological polar surface area (TPSA) is 110 Å². The monoisotopic (exact) mass is 493 g/mol. The standard InChI is InChI=1S/C27H32FN5O3/c1-26(2)13-21(34)33(25(29)32-26)23(15-7-6-10-30-14-15)16-11-17(16)24(35)31-19-12-27(3,4)36-20-9-5-8-18(28)22(19)20/h5-10,14,16-17,19,23H,11-13H2,1-4H3,(H2,29,32)(H,31,35)/t16-,17-,19-,23+/m0/s1. The Kier molecular flexibility index (Phi) is 5.76. The molecular weight excluding hydrogens is 461 g/mol. The molecule has 0 saturated heterocycles. The first-order chi connectivity index (χ1) is 17.0. The molecule has 4 atom stereocenters. The van der Waals surface area contributed by atoms with Gasteiger partial charge in [0.15, 0.2) is 5.96 Å². The molecule has 2 aromatic rings. The van der Waals surface area contributed by atoms with Crippen molar-refractivity contribution in [2.45, 2.75) is 70.2 Å². The number of fused-ring (bicyclic) bond motifs is 1. The fraction of sp³-hybridized carbons (Fsp3) is 0.481. The minimum atomic E-state index is -0.579. The molecule has 0 bridgehead atoms. The largest absolute Gasteiger partial charge is 0.487 e. The number of pyridine rings is 1. The van der Waals surface area contributed by atoms with Crippen molar-refractivity contribution in [1.29, 1.82) is 0 Å². The number of ether oxygens (including phenoxy) is 1. The summed E-state index contributed by atoms with van der Waals surface area (Å²) in [4.78, 5) is 36.9. The van der Waals surface area contributed by atoms with E-state index in [2.05, 4.69) is 15.3 Å². The molecule has 0 spiro atoms. The van der Waals surface area contributed by atoms with E-state index in [-0.39, 0.29) is 36.0 Å². The number of guanidine groups is 1. The van der Waals surface area contributed by atoms with Crippen LogP contribution in [0.3, 0.4) is 0 Å². The molecule has 8 nitrogen and oxygen atoms in total. The molecule has 2 amide bonds. The summed E-state index contributed by atoms with van der Waals surface area (Å²) in [5.74, 6) is -0.631. The van der Waals surface area contributed by atoms with Gasteiger partial charge in [0, 0.05) is 24.7 Å². The lowest BCUT2D eigenvalue weighted by atomic mass is 9.89. The van der Waals surface area contributed by atoms with Crippen molar-refractivity contribution >= 4 is 17.8 Å². The second kappa shape index (κ2) is 8.57. The van der Waals surface area contributed by atoms with Gasteiger partial charge in [0.05, 0.1) is 29.6 Å². The van der Waals surface area contributed by atoms with Crippen LogP contribution < -0.4 is 15.8 Å². The number of aliphatic imine (C=N–C) groups is 1. The predicted molar refractivity (Wildman–Crippen MR) is 132 cm³/mol. The van der Waals surface area contributed by atoms with Crippen LogP contribution in [0.5, 0.6) is 5.75 Å². The van der Waals surface area contributed by atoms with E-state index in [1.165, 1.54) is 11.0 Å². The Bertz CT molecular complexity index is 1230. The summed E-state index contributed by atoms with van der Waals surface area (Å²) in [5, 5.41) is 3.07. The van der Waals surface area contributed by atoms with Gasteiger partial charge in [-0.05, 0) is 63.8 Å². The number of carbonyl (C=O) groups is 2. The van der Waals surface area contributed by atoms with Gasteiger partial charge >= 0.3 is 0 Å². The van der Waals surface area contributed by atoms with Crippen LogP contribution in [0.25, 0.3) is 0 Å². The van der Waals surface area contributed by atoms with E-state index in [9.17, 15) is 14.0 Å². The summed E-state index contributed by atoms with van der Waals surface area (Å²) >= 11 is 0. The summed E-state index contributed by atoms with van der Waals surface area (Å²) in [5.41, 5.74) is 6.33. The van der Waals surface area contributed by atoms with Crippen LogP contribution in [0.4, 0.5) is 4.39 Å². The zero-order valence-electron chi connectivity index (χ0n) is 21.0. The fourth-order valence-corrected chi connectivity index (χ4v) is 5.57. The van der Waals surface area contributed by atoms with Crippen LogP contribution in [-0.2, 0) is 9.59 Å². The van der Waals surface area contributed by atoms with Crippen molar-refractivity contribution < 1.29 is 18.7 Å². The van der Waals surface area contributed by atoms with E-state index < -0.39 is 29.0 Å². The van der Waals surface area contributed by atoms with Crippen LogP contribution in [0.15, 0.2) is 47.7 Å². The number of nitrogens with zero attached hydrogens (tertiary/aromatic N) is 3. The lowest BCUT2D eigenvalue weighted by Gasteiger charge is -2.38. The Morgan fingerprint density at radius 3 is 2.72 bits per heavy atom. The van der Waals surface area contributed by atoms with Crippen molar-refractivity contribution in [3.63, 3.8) is 0 Å². The van der Waals surface area contributed by atoms with Gasteiger partial charge in [-0.15, -0.1) is 0 Å². The number of nitrogens with one attached hydrogen (secondary N) is 1. The zero-order valence-corrected chi connectivity index (χ0v) is 21.0. The number of amides is 2. The molecule has 1 aromatic heterocycles.